The second-order valence-electron chi connectivity index (χ2n) is 3.51. The van der Waals surface area contributed by atoms with Crippen molar-refractivity contribution in [3.05, 3.63) is 71.1 Å². The van der Waals surface area contributed by atoms with Crippen molar-refractivity contribution in [2.75, 3.05) is 0 Å². The first-order valence-corrected chi connectivity index (χ1v) is 5.97. The molecule has 2 aromatic rings. The van der Waals surface area contributed by atoms with Crippen LogP contribution in [0.4, 0.5) is 0 Å². The Kier molecular flexibility index (Phi) is 4.29. The molecule has 0 amide bonds. The van der Waals surface area contributed by atoms with Crippen LogP contribution in [-0.4, -0.2) is 0 Å². The molecule has 1 atom stereocenters. The van der Waals surface area contributed by atoms with Gasteiger partial charge in [0.2, 0.25) is 0 Å². The Hall–Kier alpha value is -1.18. The molecular weight excluding hydrogens is 255 g/mol. The van der Waals surface area contributed by atoms with Gasteiger partial charge in [-0.2, -0.15) is 0 Å². The lowest BCUT2D eigenvalue weighted by molar-refractivity contribution is 0.242. The van der Waals surface area contributed by atoms with Crippen molar-refractivity contribution in [3.8, 4) is 5.75 Å². The largest absolute Gasteiger partial charge is 0.482 e. The third-order valence-electron chi connectivity index (χ3n) is 2.30. The summed E-state index contributed by atoms with van der Waals surface area (Å²) in [6, 6.07) is 19.1. The second kappa shape index (κ2) is 5.95. The molecule has 0 fully saturated rings. The minimum Gasteiger partial charge on any atom is -0.482 e. The smallest absolute Gasteiger partial charge is 0.195 e. The fourth-order valence-corrected chi connectivity index (χ4v) is 1.84. The number of hydrogen-bond donors (Lipinski definition) is 0. The van der Waals surface area contributed by atoms with Gasteiger partial charge in [0.25, 0.3) is 0 Å². The van der Waals surface area contributed by atoms with Gasteiger partial charge >= 0.3 is 0 Å². The van der Waals surface area contributed by atoms with Crippen LogP contribution in [0.3, 0.4) is 0 Å². The van der Waals surface area contributed by atoms with Crippen molar-refractivity contribution < 1.29 is 4.74 Å². The van der Waals surface area contributed by atoms with Crippen LogP contribution in [0, 0.1) is 4.84 Å². The summed E-state index contributed by atoms with van der Waals surface area (Å²) >= 11 is 11.8. The van der Waals surface area contributed by atoms with Crippen LogP contribution in [0.2, 0.25) is 0 Å². The second-order valence-corrected chi connectivity index (χ2v) is 4.52. The van der Waals surface area contributed by atoms with E-state index in [9.17, 15) is 0 Å². The molecule has 0 saturated carbocycles. The summed E-state index contributed by atoms with van der Waals surface area (Å²) < 4.78 is 5.76. The van der Waals surface area contributed by atoms with E-state index < -0.39 is 6.10 Å². The van der Waals surface area contributed by atoms with Gasteiger partial charge in [0, 0.05) is 0 Å². The highest BCUT2D eigenvalue weighted by atomic mass is 35.5. The van der Waals surface area contributed by atoms with Crippen LogP contribution in [0.5, 0.6) is 5.75 Å². The van der Waals surface area contributed by atoms with Crippen molar-refractivity contribution in [1.29, 1.82) is 0 Å². The minimum absolute atomic E-state index is 0.194. The van der Waals surface area contributed by atoms with Gasteiger partial charge in [0.05, 0.1) is 0 Å². The molecule has 1 nitrogen and oxygen atoms in total. The SMILES string of the molecule is Cl[C](Cl)C(Oc1ccccc1)c1ccccc1. The number of para-hydroxylation sites is 1. The van der Waals surface area contributed by atoms with Crippen molar-refractivity contribution in [2.24, 2.45) is 0 Å². The fraction of sp³-hybridized carbons (Fsp3) is 0.0714. The lowest BCUT2D eigenvalue weighted by Crippen LogP contribution is -2.09. The molecule has 0 saturated heterocycles. The fourth-order valence-electron chi connectivity index (χ4n) is 1.50. The lowest BCUT2D eigenvalue weighted by Gasteiger charge is -2.19. The summed E-state index contributed by atoms with van der Waals surface area (Å²) in [6.45, 7) is 0. The van der Waals surface area contributed by atoms with Crippen LogP contribution in [0.25, 0.3) is 0 Å². The van der Waals surface area contributed by atoms with Crippen LogP contribution < -0.4 is 4.74 Å². The number of rotatable bonds is 4. The van der Waals surface area contributed by atoms with Crippen LogP contribution in [-0.2, 0) is 0 Å². The van der Waals surface area contributed by atoms with E-state index in [4.69, 9.17) is 27.9 Å². The van der Waals surface area contributed by atoms with Crippen molar-refractivity contribution >= 4 is 23.2 Å². The van der Waals surface area contributed by atoms with Crippen LogP contribution >= 0.6 is 23.2 Å². The predicted octanol–water partition coefficient (Wildman–Crippen LogP) is 4.77. The highest BCUT2D eigenvalue weighted by Crippen LogP contribution is 2.34. The van der Waals surface area contributed by atoms with Gasteiger partial charge in [-0.3, -0.25) is 0 Å². The summed E-state index contributed by atoms with van der Waals surface area (Å²) in [5.74, 6) is 0.736. The Labute approximate surface area is 111 Å². The van der Waals surface area contributed by atoms with Gasteiger partial charge in [-0.25, -0.2) is 0 Å². The zero-order valence-corrected chi connectivity index (χ0v) is 10.5. The van der Waals surface area contributed by atoms with E-state index in [1.54, 1.807) is 0 Å². The average molecular weight is 266 g/mol. The van der Waals surface area contributed by atoms with Gasteiger partial charge in [-0.05, 0) is 17.7 Å². The predicted molar refractivity (Wildman–Crippen MR) is 71.2 cm³/mol. The van der Waals surface area contributed by atoms with E-state index in [1.807, 2.05) is 60.7 Å². The summed E-state index contributed by atoms with van der Waals surface area (Å²) in [5, 5.41) is 0. The summed E-state index contributed by atoms with van der Waals surface area (Å²) in [4.78, 5) is 0.194. The first-order valence-electron chi connectivity index (χ1n) is 5.22. The summed E-state index contributed by atoms with van der Waals surface area (Å²) in [6.07, 6.45) is -0.443. The maximum Gasteiger partial charge on any atom is 0.195 e. The summed E-state index contributed by atoms with van der Waals surface area (Å²) in [5.41, 5.74) is 0.927. The molecule has 87 valence electrons. The number of ether oxygens (including phenoxy) is 1. The zero-order chi connectivity index (χ0) is 12.1. The van der Waals surface area contributed by atoms with E-state index >= 15 is 0 Å². The number of hydrogen-bond acceptors (Lipinski definition) is 1. The molecule has 0 N–H and O–H groups in total. The molecule has 1 unspecified atom stereocenters. The Morgan fingerprint density at radius 1 is 0.824 bits per heavy atom. The molecule has 0 heterocycles. The third-order valence-corrected chi connectivity index (χ3v) is 2.69. The molecule has 0 aromatic heterocycles. The van der Waals surface area contributed by atoms with E-state index in [2.05, 4.69) is 0 Å². The van der Waals surface area contributed by atoms with Gasteiger partial charge in [0.15, 0.2) is 10.9 Å². The Morgan fingerprint density at radius 2 is 1.35 bits per heavy atom. The molecule has 0 aliphatic carbocycles. The molecule has 2 rings (SSSR count). The first-order chi connectivity index (χ1) is 8.27. The van der Waals surface area contributed by atoms with Crippen LogP contribution in [0.15, 0.2) is 60.7 Å². The van der Waals surface area contributed by atoms with E-state index in [1.165, 1.54) is 0 Å². The maximum absolute atomic E-state index is 5.89. The van der Waals surface area contributed by atoms with Gasteiger partial charge in [0.1, 0.15) is 5.75 Å². The molecule has 0 spiro atoms. The third kappa shape index (κ3) is 3.39. The van der Waals surface area contributed by atoms with Gasteiger partial charge < -0.3 is 4.74 Å². The molecule has 3 heteroatoms. The number of benzene rings is 2. The maximum atomic E-state index is 5.89. The topological polar surface area (TPSA) is 9.23 Å². The molecule has 0 aliphatic heterocycles. The Bertz CT molecular complexity index is 442. The molecular formula is C14H11Cl2O. The van der Waals surface area contributed by atoms with Crippen LogP contribution in [0.1, 0.15) is 11.7 Å². The van der Waals surface area contributed by atoms with Crippen molar-refractivity contribution in [3.63, 3.8) is 0 Å². The van der Waals surface area contributed by atoms with E-state index in [0.717, 1.165) is 11.3 Å². The highest BCUT2D eigenvalue weighted by Gasteiger charge is 2.22. The quantitative estimate of drug-likeness (QED) is 0.774. The van der Waals surface area contributed by atoms with E-state index in [0.29, 0.717) is 0 Å². The Morgan fingerprint density at radius 3 is 1.88 bits per heavy atom. The lowest BCUT2D eigenvalue weighted by atomic mass is 10.1. The summed E-state index contributed by atoms with van der Waals surface area (Å²) in [7, 11) is 0. The Balaban J connectivity index is 2.20. The molecule has 0 bridgehead atoms. The highest BCUT2D eigenvalue weighted by molar-refractivity contribution is 6.53. The van der Waals surface area contributed by atoms with Crippen molar-refractivity contribution in [2.45, 2.75) is 6.10 Å². The normalized spacial score (nSPS) is 12.4. The monoisotopic (exact) mass is 265 g/mol. The van der Waals surface area contributed by atoms with Gasteiger partial charge in [-0.1, -0.05) is 71.7 Å². The minimum atomic E-state index is -0.443. The molecule has 2 aromatic carbocycles. The first kappa shape index (κ1) is 12.3. The van der Waals surface area contributed by atoms with E-state index in [-0.39, 0.29) is 4.84 Å². The molecule has 0 aliphatic rings. The molecule has 1 radical (unpaired) electrons. The van der Waals surface area contributed by atoms with Gasteiger partial charge in [-0.15, -0.1) is 0 Å². The zero-order valence-electron chi connectivity index (χ0n) is 9.02. The number of halogens is 2. The molecule has 17 heavy (non-hydrogen) atoms. The standard InChI is InChI=1S/C14H11Cl2O/c15-14(16)13(11-7-3-1-4-8-11)17-12-9-5-2-6-10-12/h1-10,13H. The van der Waals surface area contributed by atoms with Crippen molar-refractivity contribution in [1.82, 2.24) is 0 Å². The average Bonchev–Trinajstić information content (AvgIpc) is 2.38.